The van der Waals surface area contributed by atoms with Crippen LogP contribution < -0.4 is 0 Å². The van der Waals surface area contributed by atoms with Gasteiger partial charge in [0, 0.05) is 63.0 Å². The van der Waals surface area contributed by atoms with E-state index in [1.807, 2.05) is 17.1 Å². The summed E-state index contributed by atoms with van der Waals surface area (Å²) >= 11 is 7.70. The monoisotopic (exact) mass is 490 g/mol. The first-order valence-electron chi connectivity index (χ1n) is 11.8. The van der Waals surface area contributed by atoms with Gasteiger partial charge in [-0.15, -0.1) is 11.3 Å². The molecule has 6 nitrogen and oxygen atoms in total. The third-order valence-corrected chi connectivity index (χ3v) is 7.64. The summed E-state index contributed by atoms with van der Waals surface area (Å²) in [5, 5.41) is 7.12. The van der Waals surface area contributed by atoms with Gasteiger partial charge in [0.25, 0.3) is 0 Å². The van der Waals surface area contributed by atoms with Crippen molar-refractivity contribution in [1.29, 1.82) is 0 Å². The van der Waals surface area contributed by atoms with Crippen LogP contribution in [0.15, 0.2) is 72.4 Å². The largest absolute Gasteiger partial charge is 0.303 e. The SMILES string of the molecule is S=c1n(CN2CCN(Cc3ccncc3)CC2)nc(Cc2cccs2)n1CCc1ccccc1. The minimum atomic E-state index is 0.748. The Morgan fingerprint density at radius 2 is 1.62 bits per heavy atom. The standard InChI is InChI=1S/C26H30N6S2/c33-26-31(13-10-22-5-2-1-3-6-22)25(19-24-7-4-18-34-24)28-32(26)21-30-16-14-29(15-17-30)20-23-8-11-27-12-9-23/h1-9,11-12,18H,10,13-17,19-21H2. The Labute approximate surface area is 210 Å². The number of thiophene rings is 1. The second kappa shape index (κ2) is 11.2. The van der Waals surface area contributed by atoms with Gasteiger partial charge in [0.15, 0.2) is 4.77 Å². The number of rotatable bonds is 9. The molecule has 0 radical (unpaired) electrons. The maximum atomic E-state index is 5.93. The van der Waals surface area contributed by atoms with Crippen LogP contribution in [0.25, 0.3) is 0 Å². The third-order valence-electron chi connectivity index (χ3n) is 6.33. The van der Waals surface area contributed by atoms with Crippen LogP contribution in [0.2, 0.25) is 0 Å². The zero-order chi connectivity index (χ0) is 23.2. The van der Waals surface area contributed by atoms with E-state index in [1.165, 1.54) is 16.0 Å². The highest BCUT2D eigenvalue weighted by molar-refractivity contribution is 7.71. The van der Waals surface area contributed by atoms with Crippen LogP contribution >= 0.6 is 23.6 Å². The smallest absolute Gasteiger partial charge is 0.199 e. The summed E-state index contributed by atoms with van der Waals surface area (Å²) in [6.45, 7) is 6.71. The Morgan fingerprint density at radius 1 is 0.853 bits per heavy atom. The number of hydrogen-bond donors (Lipinski definition) is 0. The number of aryl methyl sites for hydroxylation is 1. The molecular formula is C26H30N6S2. The van der Waals surface area contributed by atoms with Gasteiger partial charge in [-0.2, -0.15) is 5.10 Å². The van der Waals surface area contributed by atoms with E-state index >= 15 is 0 Å². The van der Waals surface area contributed by atoms with Gasteiger partial charge in [0.05, 0.1) is 6.67 Å². The van der Waals surface area contributed by atoms with E-state index in [1.54, 1.807) is 11.3 Å². The summed E-state index contributed by atoms with van der Waals surface area (Å²) in [6, 6.07) is 19.1. The molecule has 0 bridgehead atoms. The molecule has 1 fully saturated rings. The lowest BCUT2D eigenvalue weighted by molar-refractivity contribution is 0.0979. The fourth-order valence-electron chi connectivity index (χ4n) is 4.41. The molecule has 0 amide bonds. The molecule has 8 heteroatoms. The van der Waals surface area contributed by atoms with Crippen LogP contribution in [-0.2, 0) is 32.6 Å². The highest BCUT2D eigenvalue weighted by atomic mass is 32.1. The highest BCUT2D eigenvalue weighted by Gasteiger charge is 2.19. The van der Waals surface area contributed by atoms with Crippen LogP contribution in [0.1, 0.15) is 21.8 Å². The Hall–Kier alpha value is -2.65. The van der Waals surface area contributed by atoms with Crippen molar-refractivity contribution >= 4 is 23.6 Å². The van der Waals surface area contributed by atoms with E-state index in [-0.39, 0.29) is 0 Å². The summed E-state index contributed by atoms with van der Waals surface area (Å²) in [6.07, 6.45) is 5.51. The second-order valence-corrected chi connectivity index (χ2v) is 10.1. The molecule has 0 saturated carbocycles. The van der Waals surface area contributed by atoms with Crippen molar-refractivity contribution < 1.29 is 0 Å². The van der Waals surface area contributed by atoms with E-state index < -0.39 is 0 Å². The fourth-order valence-corrected chi connectivity index (χ4v) is 5.41. The molecular weight excluding hydrogens is 460 g/mol. The number of piperazine rings is 1. The number of hydrogen-bond acceptors (Lipinski definition) is 6. The molecule has 0 aliphatic carbocycles. The molecule has 0 spiro atoms. The Morgan fingerprint density at radius 3 is 2.35 bits per heavy atom. The van der Waals surface area contributed by atoms with Gasteiger partial charge in [-0.3, -0.25) is 14.8 Å². The van der Waals surface area contributed by atoms with Crippen LogP contribution in [0.5, 0.6) is 0 Å². The summed E-state index contributed by atoms with van der Waals surface area (Å²) in [5.74, 6) is 1.06. The Bertz CT molecular complexity index is 1210. The Kier molecular flexibility index (Phi) is 7.60. The number of nitrogens with zero attached hydrogens (tertiary/aromatic N) is 6. The van der Waals surface area contributed by atoms with Gasteiger partial charge in [0.2, 0.25) is 0 Å². The van der Waals surface area contributed by atoms with Gasteiger partial charge in [-0.25, -0.2) is 4.68 Å². The zero-order valence-corrected chi connectivity index (χ0v) is 20.9. The Balaban J connectivity index is 1.26. The van der Waals surface area contributed by atoms with Crippen molar-refractivity contribution in [2.45, 2.75) is 32.6 Å². The fraction of sp³-hybridized carbons (Fsp3) is 0.346. The van der Waals surface area contributed by atoms with Crippen molar-refractivity contribution in [2.24, 2.45) is 0 Å². The molecule has 1 aliphatic rings. The summed E-state index contributed by atoms with van der Waals surface area (Å²) < 4.78 is 5.09. The van der Waals surface area contributed by atoms with Crippen molar-refractivity contribution in [3.05, 3.63) is 99.0 Å². The van der Waals surface area contributed by atoms with Gasteiger partial charge in [0.1, 0.15) is 5.82 Å². The van der Waals surface area contributed by atoms with E-state index in [9.17, 15) is 0 Å². The lowest BCUT2D eigenvalue weighted by Crippen LogP contribution is -2.46. The quantitative estimate of drug-likeness (QED) is 0.324. The van der Waals surface area contributed by atoms with Crippen molar-refractivity contribution in [1.82, 2.24) is 29.1 Å². The van der Waals surface area contributed by atoms with E-state index in [0.29, 0.717) is 0 Å². The van der Waals surface area contributed by atoms with E-state index in [2.05, 4.69) is 79.3 Å². The number of benzene rings is 1. The zero-order valence-electron chi connectivity index (χ0n) is 19.3. The lowest BCUT2D eigenvalue weighted by Gasteiger charge is -2.34. The lowest BCUT2D eigenvalue weighted by atomic mass is 10.1. The van der Waals surface area contributed by atoms with Gasteiger partial charge >= 0.3 is 0 Å². The minimum Gasteiger partial charge on any atom is -0.303 e. The third kappa shape index (κ3) is 5.88. The maximum absolute atomic E-state index is 5.93. The number of pyridine rings is 1. The van der Waals surface area contributed by atoms with E-state index in [4.69, 9.17) is 17.3 Å². The van der Waals surface area contributed by atoms with Gasteiger partial charge in [-0.05, 0) is 53.3 Å². The molecule has 1 aromatic carbocycles. The molecule has 176 valence electrons. The van der Waals surface area contributed by atoms with Crippen molar-refractivity contribution in [3.8, 4) is 0 Å². The molecule has 4 aromatic rings. The first kappa shape index (κ1) is 23.1. The van der Waals surface area contributed by atoms with Crippen LogP contribution in [0, 0.1) is 4.77 Å². The second-order valence-electron chi connectivity index (χ2n) is 8.73. The summed E-state index contributed by atoms with van der Waals surface area (Å²) in [4.78, 5) is 10.4. The maximum Gasteiger partial charge on any atom is 0.199 e. The van der Waals surface area contributed by atoms with Gasteiger partial charge in [-0.1, -0.05) is 36.4 Å². The number of aromatic nitrogens is 4. The molecule has 0 unspecified atom stereocenters. The predicted octanol–water partition coefficient (Wildman–Crippen LogP) is 4.48. The molecule has 1 aliphatic heterocycles. The van der Waals surface area contributed by atoms with E-state index in [0.717, 1.165) is 69.4 Å². The molecule has 5 rings (SSSR count). The van der Waals surface area contributed by atoms with Crippen molar-refractivity contribution in [2.75, 3.05) is 26.2 Å². The average Bonchev–Trinajstić information content (AvgIpc) is 3.49. The minimum absolute atomic E-state index is 0.748. The van der Waals surface area contributed by atoms with Crippen molar-refractivity contribution in [3.63, 3.8) is 0 Å². The first-order chi connectivity index (χ1) is 16.7. The molecule has 0 atom stereocenters. The summed E-state index contributed by atoms with van der Waals surface area (Å²) in [7, 11) is 0. The topological polar surface area (TPSA) is 42.1 Å². The molecule has 3 aromatic heterocycles. The normalized spacial score (nSPS) is 15.1. The predicted molar refractivity (Wildman–Crippen MR) is 139 cm³/mol. The van der Waals surface area contributed by atoms with Crippen LogP contribution in [-0.4, -0.2) is 55.3 Å². The van der Waals surface area contributed by atoms with Gasteiger partial charge < -0.3 is 4.57 Å². The molecule has 1 saturated heterocycles. The average molecular weight is 491 g/mol. The summed E-state index contributed by atoms with van der Waals surface area (Å²) in [5.41, 5.74) is 2.64. The molecule has 34 heavy (non-hydrogen) atoms. The molecule has 0 N–H and O–H groups in total. The first-order valence-corrected chi connectivity index (χ1v) is 13.1. The van der Waals surface area contributed by atoms with Crippen LogP contribution in [0.4, 0.5) is 0 Å². The molecule has 4 heterocycles. The highest BCUT2D eigenvalue weighted by Crippen LogP contribution is 2.16. The van der Waals surface area contributed by atoms with Crippen LogP contribution in [0.3, 0.4) is 0 Å².